The normalized spacial score (nSPS) is 27.6. The Bertz CT molecular complexity index is 1110. The average molecular weight is 545 g/mol. The van der Waals surface area contributed by atoms with Crippen molar-refractivity contribution in [1.29, 1.82) is 0 Å². The van der Waals surface area contributed by atoms with Gasteiger partial charge >= 0.3 is 67.0 Å². The molecule has 6 atom stereocenters. The van der Waals surface area contributed by atoms with E-state index < -0.39 is 54.6 Å². The molecule has 3 rings (SSSR count). The molecule has 18 nitrogen and oxygen atoms in total. The van der Waals surface area contributed by atoms with Gasteiger partial charge in [-0.3, -0.25) is 9.13 Å². The Labute approximate surface area is 220 Å². The zero-order valence-corrected chi connectivity index (χ0v) is 21.7. The molecule has 7 N–H and O–H groups in total. The molecule has 1 aliphatic heterocycles. The van der Waals surface area contributed by atoms with E-state index in [1.165, 1.54) is 10.9 Å². The SMILES string of the molecule is Nc1ncnc2c1ncn2[C@@H]1O[C@H](COP(=O)([O-])OP(=O)(O)OP(=O)(O)O)C(O)C1O.[K+]. The van der Waals surface area contributed by atoms with E-state index in [-0.39, 0.29) is 68.4 Å². The van der Waals surface area contributed by atoms with Crippen LogP contribution in [0.15, 0.2) is 12.7 Å². The number of aromatic nitrogens is 4. The van der Waals surface area contributed by atoms with Gasteiger partial charge in [0.2, 0.25) is 0 Å². The van der Waals surface area contributed by atoms with Crippen LogP contribution in [-0.4, -0.2) is 69.3 Å². The van der Waals surface area contributed by atoms with E-state index in [1.54, 1.807) is 0 Å². The van der Waals surface area contributed by atoms with Crippen molar-refractivity contribution in [2.45, 2.75) is 24.5 Å². The second kappa shape index (κ2) is 10.5. The number of ether oxygens (including phenoxy) is 1. The molecule has 32 heavy (non-hydrogen) atoms. The van der Waals surface area contributed by atoms with Crippen LogP contribution >= 0.6 is 23.5 Å². The number of anilines is 1. The van der Waals surface area contributed by atoms with Gasteiger partial charge in [0.05, 0.1) is 12.9 Å². The summed E-state index contributed by atoms with van der Waals surface area (Å²) in [6.07, 6.45) is -3.82. The summed E-state index contributed by atoms with van der Waals surface area (Å²) in [4.78, 5) is 49.3. The average Bonchev–Trinajstić information content (AvgIpc) is 3.13. The van der Waals surface area contributed by atoms with Gasteiger partial charge in [0.1, 0.15) is 30.2 Å². The number of aliphatic hydroxyl groups excluding tert-OH is 2. The Hall–Kier alpha value is 0.276. The van der Waals surface area contributed by atoms with Crippen LogP contribution < -0.4 is 62.0 Å². The topological polar surface area (TPSA) is 282 Å². The molecular weight excluding hydrogens is 530 g/mol. The summed E-state index contributed by atoms with van der Waals surface area (Å²) < 4.78 is 51.4. The smallest absolute Gasteiger partial charge is 0.756 e. The van der Waals surface area contributed by atoms with Gasteiger partial charge in [-0.1, -0.05) is 0 Å². The summed E-state index contributed by atoms with van der Waals surface area (Å²) >= 11 is 0. The van der Waals surface area contributed by atoms with E-state index in [0.717, 1.165) is 6.33 Å². The van der Waals surface area contributed by atoms with Gasteiger partial charge in [-0.05, 0) is 0 Å². The van der Waals surface area contributed by atoms with Gasteiger partial charge in [0.15, 0.2) is 17.7 Å². The van der Waals surface area contributed by atoms with Crippen molar-refractivity contribution in [1.82, 2.24) is 19.5 Å². The number of phosphoric ester groups is 1. The van der Waals surface area contributed by atoms with Crippen molar-refractivity contribution < 1.29 is 113 Å². The van der Waals surface area contributed by atoms with Crippen LogP contribution in [0.5, 0.6) is 0 Å². The van der Waals surface area contributed by atoms with Crippen LogP contribution in [0.2, 0.25) is 0 Å². The van der Waals surface area contributed by atoms with Crippen molar-refractivity contribution in [3.63, 3.8) is 0 Å². The number of hydrogen-bond acceptors (Lipinski definition) is 14. The van der Waals surface area contributed by atoms with Gasteiger partial charge in [-0.15, -0.1) is 0 Å². The first-order valence-electron chi connectivity index (χ1n) is 7.90. The van der Waals surface area contributed by atoms with Gasteiger partial charge in [0.25, 0.3) is 7.82 Å². The van der Waals surface area contributed by atoms with E-state index in [4.69, 9.17) is 25.2 Å². The Morgan fingerprint density at radius 1 is 1.12 bits per heavy atom. The molecule has 0 radical (unpaired) electrons. The molecular formula is C10H15KN5O13P3. The number of phosphoric acid groups is 3. The molecule has 0 bridgehead atoms. The van der Waals surface area contributed by atoms with E-state index in [0.29, 0.717) is 0 Å². The molecule has 0 spiro atoms. The minimum Gasteiger partial charge on any atom is -0.756 e. The number of rotatable bonds is 8. The van der Waals surface area contributed by atoms with Gasteiger partial charge in [-0.2, -0.15) is 4.31 Å². The Balaban J connectivity index is 0.00000363. The van der Waals surface area contributed by atoms with E-state index in [2.05, 4.69) is 28.1 Å². The van der Waals surface area contributed by atoms with Crippen LogP contribution in [0.4, 0.5) is 5.82 Å². The number of aliphatic hydroxyl groups is 2. The molecule has 22 heteroatoms. The first kappa shape index (κ1) is 28.5. The van der Waals surface area contributed by atoms with Crippen LogP contribution in [-0.2, 0) is 31.6 Å². The molecule has 1 saturated heterocycles. The van der Waals surface area contributed by atoms with Crippen LogP contribution in [0.1, 0.15) is 6.23 Å². The second-order valence-electron chi connectivity index (χ2n) is 5.99. The molecule has 2 aromatic heterocycles. The quantitative estimate of drug-likeness (QED) is 0.133. The van der Waals surface area contributed by atoms with Crippen LogP contribution in [0, 0.1) is 0 Å². The van der Waals surface area contributed by atoms with Gasteiger partial charge < -0.3 is 44.8 Å². The predicted octanol–water partition coefficient (Wildman–Crippen LogP) is -5.26. The monoisotopic (exact) mass is 545 g/mol. The van der Waals surface area contributed by atoms with Crippen molar-refractivity contribution in [2.24, 2.45) is 0 Å². The number of nitrogens with two attached hydrogens (primary N) is 1. The summed E-state index contributed by atoms with van der Waals surface area (Å²) in [7, 11) is -17.0. The number of fused-ring (bicyclic) bond motifs is 1. The molecule has 3 heterocycles. The molecule has 2 aromatic rings. The van der Waals surface area contributed by atoms with Gasteiger partial charge in [0, 0.05) is 0 Å². The third-order valence-corrected chi connectivity index (χ3v) is 7.58. The largest absolute Gasteiger partial charge is 1.00 e. The standard InChI is InChI=1S/C10H16N5O13P3.K/c11-8-5-9(13-2-12-8)15(3-14-5)10-7(17)6(16)4(26-10)1-25-30(21,22)28-31(23,24)27-29(18,19)20;/h2-4,6-7,10,16-17H,1H2,(H,21,22)(H,23,24)(H2,11,12,13)(H2,18,19,20);/q;+1/p-1/t4-,6?,7?,10-;/m1./s1. The zero-order valence-electron chi connectivity index (χ0n) is 15.9. The molecule has 174 valence electrons. The molecule has 0 aromatic carbocycles. The minimum absolute atomic E-state index is 0. The van der Waals surface area contributed by atoms with E-state index in [1.807, 2.05) is 0 Å². The Morgan fingerprint density at radius 3 is 2.41 bits per heavy atom. The number of nitrogens with zero attached hydrogens (tertiary/aromatic N) is 4. The fraction of sp³-hybridized carbons (Fsp3) is 0.500. The van der Waals surface area contributed by atoms with Crippen molar-refractivity contribution >= 4 is 40.4 Å². The first-order valence-corrected chi connectivity index (χ1v) is 12.4. The van der Waals surface area contributed by atoms with Crippen molar-refractivity contribution in [2.75, 3.05) is 12.3 Å². The third-order valence-electron chi connectivity index (χ3n) is 3.81. The molecule has 4 unspecified atom stereocenters. The van der Waals surface area contributed by atoms with Gasteiger partial charge in [-0.25, -0.2) is 28.4 Å². The molecule has 0 amide bonds. The minimum atomic E-state index is -5.76. The van der Waals surface area contributed by atoms with Crippen LogP contribution in [0.3, 0.4) is 0 Å². The predicted molar refractivity (Wildman–Crippen MR) is 93.3 cm³/mol. The summed E-state index contributed by atoms with van der Waals surface area (Å²) in [6.45, 7) is -1.02. The summed E-state index contributed by atoms with van der Waals surface area (Å²) in [5.41, 5.74) is 5.97. The van der Waals surface area contributed by atoms with E-state index >= 15 is 0 Å². The Morgan fingerprint density at radius 2 is 1.78 bits per heavy atom. The number of imidazole rings is 1. The van der Waals surface area contributed by atoms with Crippen molar-refractivity contribution in [3.05, 3.63) is 12.7 Å². The maximum Gasteiger partial charge on any atom is 1.00 e. The molecule has 0 saturated carbocycles. The molecule has 1 fully saturated rings. The second-order valence-corrected chi connectivity index (χ2v) is 10.4. The maximum atomic E-state index is 11.7. The Kier molecular flexibility index (Phi) is 9.35. The van der Waals surface area contributed by atoms with Crippen molar-refractivity contribution in [3.8, 4) is 0 Å². The fourth-order valence-corrected chi connectivity index (χ4v) is 5.61. The maximum absolute atomic E-state index is 11.7. The third kappa shape index (κ3) is 6.91. The molecule has 0 aliphatic carbocycles. The number of nitrogen functional groups attached to an aromatic ring is 1. The summed E-state index contributed by atoms with van der Waals surface area (Å²) in [6, 6.07) is 0. The fourth-order valence-electron chi connectivity index (χ4n) is 2.62. The van der Waals surface area contributed by atoms with Crippen LogP contribution in [0.25, 0.3) is 11.2 Å². The first-order chi connectivity index (χ1) is 14.2. The zero-order chi connectivity index (χ0) is 23.2. The summed E-state index contributed by atoms with van der Waals surface area (Å²) in [5.74, 6) is 0.0343. The van der Waals surface area contributed by atoms with E-state index in [9.17, 15) is 28.8 Å². The number of hydrogen-bond donors (Lipinski definition) is 6. The molecule has 1 aliphatic rings. The summed E-state index contributed by atoms with van der Waals surface area (Å²) in [5, 5.41) is 20.4.